The molecule has 1 aliphatic rings. The molecule has 0 bridgehead atoms. The fraction of sp³-hybridized carbons (Fsp3) is 0.292. The Hall–Kier alpha value is -2.68. The average molecular weight is 523 g/mol. The average Bonchev–Trinajstić information content (AvgIpc) is 2.81. The maximum atomic E-state index is 12.7. The Labute approximate surface area is 212 Å². The number of aliphatic carboxylic acids is 1. The summed E-state index contributed by atoms with van der Waals surface area (Å²) in [6, 6.07) is 11.2. The zero-order valence-corrected chi connectivity index (χ0v) is 21.0. The summed E-state index contributed by atoms with van der Waals surface area (Å²) in [5, 5.41) is 12.8. The second-order valence-corrected chi connectivity index (χ2v) is 9.60. The number of halogens is 2. The van der Waals surface area contributed by atoms with Gasteiger partial charge in [-0.15, -0.1) is 0 Å². The number of hydrogen-bond acceptors (Lipinski definition) is 5. The molecule has 1 saturated heterocycles. The highest BCUT2D eigenvalue weighted by atomic mass is 35.5. The monoisotopic (exact) mass is 522 g/mol. The Bertz CT molecular complexity index is 1130. The van der Waals surface area contributed by atoms with Crippen molar-refractivity contribution in [3.63, 3.8) is 0 Å². The molecule has 2 amide bonds. The number of piperidine rings is 1. The predicted octanol–water partition coefficient (Wildman–Crippen LogP) is 4.75. The molecule has 2 aromatic rings. The third-order valence-corrected chi connectivity index (χ3v) is 7.65. The van der Waals surface area contributed by atoms with Crippen LogP contribution in [0.5, 0.6) is 5.75 Å². The summed E-state index contributed by atoms with van der Waals surface area (Å²) in [6.45, 7) is 1.69. The van der Waals surface area contributed by atoms with Crippen LogP contribution in [0.1, 0.15) is 25.3 Å². The first kappa shape index (κ1) is 25.9. The van der Waals surface area contributed by atoms with Crippen molar-refractivity contribution in [1.82, 2.24) is 10.2 Å². The number of carbonyl (C=O) groups excluding carboxylic acids is 2. The maximum absolute atomic E-state index is 12.7. The largest absolute Gasteiger partial charge is 0.496 e. The van der Waals surface area contributed by atoms with Crippen LogP contribution in [-0.2, 0) is 14.4 Å². The number of carboxylic acid groups (broad SMARTS) is 1. The Morgan fingerprint density at radius 2 is 1.76 bits per heavy atom. The molecule has 0 radical (unpaired) electrons. The lowest BCUT2D eigenvalue weighted by molar-refractivity contribution is -0.151. The van der Waals surface area contributed by atoms with Crippen LogP contribution in [-0.4, -0.2) is 53.5 Å². The van der Waals surface area contributed by atoms with Gasteiger partial charge in [0.2, 0.25) is 11.8 Å². The summed E-state index contributed by atoms with van der Waals surface area (Å²) in [4.78, 5) is 38.9. The summed E-state index contributed by atoms with van der Waals surface area (Å²) < 4.78 is 5.38. The molecule has 0 spiro atoms. The highest BCUT2D eigenvalue weighted by Crippen LogP contribution is 2.42. The van der Waals surface area contributed by atoms with E-state index in [2.05, 4.69) is 5.32 Å². The lowest BCUT2D eigenvalue weighted by atomic mass is 9.87. The van der Waals surface area contributed by atoms with Gasteiger partial charge in [-0.2, -0.15) is 0 Å². The Morgan fingerprint density at radius 1 is 1.09 bits per heavy atom. The van der Waals surface area contributed by atoms with Gasteiger partial charge >= 0.3 is 5.97 Å². The van der Waals surface area contributed by atoms with Crippen molar-refractivity contribution in [2.24, 2.45) is 0 Å². The zero-order chi connectivity index (χ0) is 24.9. The third kappa shape index (κ3) is 5.87. The van der Waals surface area contributed by atoms with Crippen LogP contribution in [0.4, 0.5) is 0 Å². The standard InChI is InChI=1S/C24H24Cl2N2O5S/c1-15(29)27-24(23(31)32)11-13-28(14-12-24)20(30)10-8-16-7-9-19(22(26)21(16)25)34-18-6-4-3-5-17(18)33-2/h3-10H,11-14H2,1-2H3,(H,27,29)(H,31,32). The number of nitrogens with one attached hydrogen (secondary N) is 1. The summed E-state index contributed by atoms with van der Waals surface area (Å²) >= 11 is 14.4. The van der Waals surface area contributed by atoms with Gasteiger partial charge in [0.1, 0.15) is 11.3 Å². The van der Waals surface area contributed by atoms with Crippen LogP contribution in [0.3, 0.4) is 0 Å². The molecule has 0 unspecified atom stereocenters. The van der Waals surface area contributed by atoms with Crippen molar-refractivity contribution < 1.29 is 24.2 Å². The first-order chi connectivity index (χ1) is 16.2. The molecule has 10 heteroatoms. The molecule has 1 fully saturated rings. The van der Waals surface area contributed by atoms with E-state index in [0.29, 0.717) is 15.6 Å². The molecule has 0 atom stereocenters. The van der Waals surface area contributed by atoms with E-state index < -0.39 is 17.4 Å². The van der Waals surface area contributed by atoms with Gasteiger partial charge in [-0.25, -0.2) is 4.79 Å². The quantitative estimate of drug-likeness (QED) is 0.509. The molecule has 3 rings (SSSR count). The Balaban J connectivity index is 1.69. The van der Waals surface area contributed by atoms with Crippen LogP contribution < -0.4 is 10.1 Å². The molecular formula is C24H24Cl2N2O5S. The van der Waals surface area contributed by atoms with Crippen molar-refractivity contribution in [2.45, 2.75) is 35.1 Å². The van der Waals surface area contributed by atoms with Gasteiger partial charge in [0, 0.05) is 31.0 Å². The van der Waals surface area contributed by atoms with E-state index in [-0.39, 0.29) is 31.8 Å². The summed E-state index contributed by atoms with van der Waals surface area (Å²) in [5.74, 6) is -1.07. The van der Waals surface area contributed by atoms with E-state index in [0.717, 1.165) is 15.5 Å². The first-order valence-electron chi connectivity index (χ1n) is 10.4. The number of methoxy groups -OCH3 is 1. The van der Waals surface area contributed by atoms with Crippen molar-refractivity contribution >= 4 is 58.8 Å². The minimum Gasteiger partial charge on any atom is -0.496 e. The number of carbonyl (C=O) groups is 3. The molecule has 7 nitrogen and oxygen atoms in total. The maximum Gasteiger partial charge on any atom is 0.329 e. The van der Waals surface area contributed by atoms with E-state index >= 15 is 0 Å². The lowest BCUT2D eigenvalue weighted by Crippen LogP contribution is -2.60. The molecule has 0 saturated carbocycles. The minimum atomic E-state index is -1.35. The first-order valence-corrected chi connectivity index (χ1v) is 12.0. The zero-order valence-electron chi connectivity index (χ0n) is 18.6. The fourth-order valence-electron chi connectivity index (χ4n) is 3.68. The number of rotatable bonds is 7. The normalized spacial score (nSPS) is 15.2. The van der Waals surface area contributed by atoms with E-state index in [9.17, 15) is 19.5 Å². The molecule has 1 heterocycles. The summed E-state index contributed by atoms with van der Waals surface area (Å²) in [7, 11) is 1.60. The fourth-order valence-corrected chi connectivity index (χ4v) is 5.22. The van der Waals surface area contributed by atoms with Gasteiger partial charge in [0.25, 0.3) is 0 Å². The van der Waals surface area contributed by atoms with Gasteiger partial charge in [-0.05, 0) is 42.7 Å². The molecular weight excluding hydrogens is 499 g/mol. The van der Waals surface area contributed by atoms with Crippen molar-refractivity contribution in [3.8, 4) is 5.75 Å². The number of amides is 2. The van der Waals surface area contributed by atoms with Gasteiger partial charge in [0.05, 0.1) is 22.1 Å². The van der Waals surface area contributed by atoms with Crippen molar-refractivity contribution in [1.29, 1.82) is 0 Å². The van der Waals surface area contributed by atoms with Gasteiger partial charge in [-0.3, -0.25) is 9.59 Å². The second-order valence-electron chi connectivity index (χ2n) is 7.76. The molecule has 34 heavy (non-hydrogen) atoms. The summed E-state index contributed by atoms with van der Waals surface area (Å²) in [5.41, 5.74) is -0.766. The highest BCUT2D eigenvalue weighted by molar-refractivity contribution is 7.99. The lowest BCUT2D eigenvalue weighted by Gasteiger charge is -2.38. The number of hydrogen-bond donors (Lipinski definition) is 2. The molecule has 0 aromatic heterocycles. The van der Waals surface area contributed by atoms with Crippen LogP contribution in [0, 0.1) is 0 Å². The SMILES string of the molecule is COc1ccccc1Sc1ccc(C=CC(=O)N2CCC(NC(C)=O)(C(=O)O)CC2)c(Cl)c1Cl. The van der Waals surface area contributed by atoms with Crippen LogP contribution in [0.25, 0.3) is 6.08 Å². The molecule has 1 aliphatic heterocycles. The number of benzene rings is 2. The topological polar surface area (TPSA) is 95.9 Å². The van der Waals surface area contributed by atoms with Crippen molar-refractivity contribution in [2.75, 3.05) is 20.2 Å². The molecule has 180 valence electrons. The molecule has 2 aromatic carbocycles. The van der Waals surface area contributed by atoms with Crippen LogP contribution in [0.15, 0.2) is 52.3 Å². The Kier molecular flexibility index (Phi) is 8.52. The number of nitrogens with zero attached hydrogens (tertiary/aromatic N) is 1. The smallest absolute Gasteiger partial charge is 0.329 e. The van der Waals surface area contributed by atoms with Crippen LogP contribution in [0.2, 0.25) is 10.0 Å². The minimum absolute atomic E-state index is 0.128. The van der Waals surface area contributed by atoms with Gasteiger partial charge < -0.3 is 20.1 Å². The van der Waals surface area contributed by atoms with E-state index in [4.69, 9.17) is 27.9 Å². The van der Waals surface area contributed by atoms with Gasteiger partial charge in [-0.1, -0.05) is 53.2 Å². The number of ether oxygens (including phenoxy) is 1. The van der Waals surface area contributed by atoms with E-state index in [1.54, 1.807) is 24.2 Å². The molecule has 2 N–H and O–H groups in total. The predicted molar refractivity (Wildman–Crippen MR) is 133 cm³/mol. The number of carboxylic acids is 1. The number of para-hydroxylation sites is 1. The van der Waals surface area contributed by atoms with Gasteiger partial charge in [0.15, 0.2) is 0 Å². The van der Waals surface area contributed by atoms with E-state index in [1.165, 1.54) is 24.8 Å². The summed E-state index contributed by atoms with van der Waals surface area (Å²) in [6.07, 6.45) is 3.23. The Morgan fingerprint density at radius 3 is 2.38 bits per heavy atom. The third-order valence-electron chi connectivity index (χ3n) is 5.52. The number of likely N-dealkylation sites (tertiary alicyclic amines) is 1. The highest BCUT2D eigenvalue weighted by Gasteiger charge is 2.42. The van der Waals surface area contributed by atoms with Crippen LogP contribution >= 0.6 is 35.0 Å². The van der Waals surface area contributed by atoms with E-state index in [1.807, 2.05) is 30.3 Å². The second kappa shape index (κ2) is 11.2. The molecule has 0 aliphatic carbocycles. The van der Waals surface area contributed by atoms with Crippen molar-refractivity contribution in [3.05, 3.63) is 58.1 Å².